The molecule has 0 heterocycles. The standard InChI is InChI=1S/C12H18ClNO2/c1-14(2)7-4-8-16-12-10(9-15)5-3-6-11(12)13/h3,5-6,15H,4,7-9H2,1-2H3. The molecule has 0 aliphatic rings. The van der Waals surface area contributed by atoms with Crippen molar-refractivity contribution in [3.63, 3.8) is 0 Å². The van der Waals surface area contributed by atoms with Gasteiger partial charge in [0.25, 0.3) is 0 Å². The summed E-state index contributed by atoms with van der Waals surface area (Å²) in [5.41, 5.74) is 0.734. The van der Waals surface area contributed by atoms with Gasteiger partial charge in [0.1, 0.15) is 5.75 Å². The second kappa shape index (κ2) is 6.74. The summed E-state index contributed by atoms with van der Waals surface area (Å²) < 4.78 is 5.59. The molecular weight excluding hydrogens is 226 g/mol. The minimum atomic E-state index is -0.0520. The van der Waals surface area contributed by atoms with Crippen molar-refractivity contribution in [3.05, 3.63) is 28.8 Å². The van der Waals surface area contributed by atoms with E-state index in [9.17, 15) is 0 Å². The normalized spacial score (nSPS) is 10.8. The van der Waals surface area contributed by atoms with Crippen LogP contribution in [0.2, 0.25) is 5.02 Å². The van der Waals surface area contributed by atoms with Gasteiger partial charge in [-0.05, 0) is 26.6 Å². The van der Waals surface area contributed by atoms with Gasteiger partial charge in [-0.15, -0.1) is 0 Å². The smallest absolute Gasteiger partial charge is 0.143 e. The molecule has 16 heavy (non-hydrogen) atoms. The van der Waals surface area contributed by atoms with Crippen LogP contribution in [0.4, 0.5) is 0 Å². The third kappa shape index (κ3) is 4.00. The van der Waals surface area contributed by atoms with Gasteiger partial charge in [0.05, 0.1) is 18.2 Å². The van der Waals surface area contributed by atoms with Crippen molar-refractivity contribution in [2.75, 3.05) is 27.2 Å². The number of rotatable bonds is 6. The number of hydrogen-bond donors (Lipinski definition) is 1. The Kier molecular flexibility index (Phi) is 5.60. The van der Waals surface area contributed by atoms with Crippen molar-refractivity contribution < 1.29 is 9.84 Å². The van der Waals surface area contributed by atoms with E-state index in [2.05, 4.69) is 4.90 Å². The summed E-state index contributed by atoms with van der Waals surface area (Å²) in [7, 11) is 4.04. The maximum Gasteiger partial charge on any atom is 0.143 e. The molecule has 0 saturated heterocycles. The number of aliphatic hydroxyl groups excluding tert-OH is 1. The number of aliphatic hydroxyl groups is 1. The third-order valence-electron chi connectivity index (χ3n) is 2.21. The van der Waals surface area contributed by atoms with E-state index in [1.807, 2.05) is 20.2 Å². The molecule has 90 valence electrons. The Labute approximate surface area is 102 Å². The summed E-state index contributed by atoms with van der Waals surface area (Å²) in [5, 5.41) is 9.69. The van der Waals surface area contributed by atoms with Crippen molar-refractivity contribution in [1.82, 2.24) is 4.90 Å². The molecule has 4 heteroatoms. The third-order valence-corrected chi connectivity index (χ3v) is 2.51. The molecule has 0 amide bonds. The largest absolute Gasteiger partial charge is 0.492 e. The van der Waals surface area contributed by atoms with Gasteiger partial charge >= 0.3 is 0 Å². The van der Waals surface area contributed by atoms with Gasteiger partial charge in [0, 0.05) is 12.1 Å². The first-order valence-electron chi connectivity index (χ1n) is 5.31. The number of nitrogens with zero attached hydrogens (tertiary/aromatic N) is 1. The maximum atomic E-state index is 9.14. The first-order valence-corrected chi connectivity index (χ1v) is 5.68. The van der Waals surface area contributed by atoms with Crippen LogP contribution in [0.3, 0.4) is 0 Å². The van der Waals surface area contributed by atoms with Crippen LogP contribution in [0.5, 0.6) is 5.75 Å². The van der Waals surface area contributed by atoms with E-state index in [0.717, 1.165) is 18.5 Å². The van der Waals surface area contributed by atoms with Gasteiger partial charge in [0.15, 0.2) is 0 Å². The van der Waals surface area contributed by atoms with Gasteiger partial charge in [-0.3, -0.25) is 0 Å². The Morgan fingerprint density at radius 1 is 1.38 bits per heavy atom. The lowest BCUT2D eigenvalue weighted by Gasteiger charge is -2.13. The molecule has 0 aliphatic heterocycles. The predicted molar refractivity (Wildman–Crippen MR) is 66.0 cm³/mol. The van der Waals surface area contributed by atoms with Gasteiger partial charge < -0.3 is 14.7 Å². The fourth-order valence-electron chi connectivity index (χ4n) is 1.39. The maximum absolute atomic E-state index is 9.14. The van der Waals surface area contributed by atoms with Crippen molar-refractivity contribution in [3.8, 4) is 5.75 Å². The van der Waals surface area contributed by atoms with Crippen LogP contribution in [0.15, 0.2) is 18.2 Å². The predicted octanol–water partition coefficient (Wildman–Crippen LogP) is 2.16. The van der Waals surface area contributed by atoms with E-state index in [4.69, 9.17) is 21.4 Å². The molecule has 0 spiro atoms. The highest BCUT2D eigenvalue weighted by atomic mass is 35.5. The van der Waals surface area contributed by atoms with Crippen LogP contribution in [0.1, 0.15) is 12.0 Å². The lowest BCUT2D eigenvalue weighted by Crippen LogP contribution is -2.15. The van der Waals surface area contributed by atoms with Gasteiger partial charge in [-0.25, -0.2) is 0 Å². The zero-order chi connectivity index (χ0) is 12.0. The Morgan fingerprint density at radius 3 is 2.75 bits per heavy atom. The molecule has 0 radical (unpaired) electrons. The molecule has 0 saturated carbocycles. The van der Waals surface area contributed by atoms with Crippen LogP contribution in [0, 0.1) is 0 Å². The molecule has 1 aromatic carbocycles. The monoisotopic (exact) mass is 243 g/mol. The topological polar surface area (TPSA) is 32.7 Å². The number of benzene rings is 1. The van der Waals surface area contributed by atoms with E-state index < -0.39 is 0 Å². The fraction of sp³-hybridized carbons (Fsp3) is 0.500. The Bertz CT molecular complexity index is 329. The molecule has 0 atom stereocenters. The van der Waals surface area contributed by atoms with Gasteiger partial charge in [-0.1, -0.05) is 23.7 Å². The van der Waals surface area contributed by atoms with E-state index in [0.29, 0.717) is 17.4 Å². The molecule has 0 fully saturated rings. The number of ether oxygens (including phenoxy) is 1. The first-order chi connectivity index (χ1) is 7.65. The highest BCUT2D eigenvalue weighted by Crippen LogP contribution is 2.28. The quantitative estimate of drug-likeness (QED) is 0.778. The van der Waals surface area contributed by atoms with Gasteiger partial charge in [0.2, 0.25) is 0 Å². The number of halogens is 1. The molecule has 0 bridgehead atoms. The van der Waals surface area contributed by atoms with E-state index in [1.54, 1.807) is 12.1 Å². The molecule has 1 aromatic rings. The number of para-hydroxylation sites is 1. The molecule has 0 unspecified atom stereocenters. The Morgan fingerprint density at radius 2 is 2.12 bits per heavy atom. The molecule has 1 rings (SSSR count). The average molecular weight is 244 g/mol. The molecule has 3 nitrogen and oxygen atoms in total. The highest BCUT2D eigenvalue weighted by molar-refractivity contribution is 6.32. The van der Waals surface area contributed by atoms with Crippen molar-refractivity contribution in [1.29, 1.82) is 0 Å². The Hall–Kier alpha value is -0.770. The fourth-order valence-corrected chi connectivity index (χ4v) is 1.64. The minimum absolute atomic E-state index is 0.0520. The van der Waals surface area contributed by atoms with E-state index >= 15 is 0 Å². The second-order valence-electron chi connectivity index (χ2n) is 3.89. The van der Waals surface area contributed by atoms with Crippen molar-refractivity contribution in [2.24, 2.45) is 0 Å². The van der Waals surface area contributed by atoms with Gasteiger partial charge in [-0.2, -0.15) is 0 Å². The zero-order valence-corrected chi connectivity index (χ0v) is 10.5. The average Bonchev–Trinajstić information content (AvgIpc) is 2.25. The van der Waals surface area contributed by atoms with Crippen LogP contribution in [-0.2, 0) is 6.61 Å². The summed E-state index contributed by atoms with van der Waals surface area (Å²) in [4.78, 5) is 2.10. The summed E-state index contributed by atoms with van der Waals surface area (Å²) in [6.45, 7) is 1.53. The first kappa shape index (κ1) is 13.3. The minimum Gasteiger partial charge on any atom is -0.492 e. The molecule has 0 aliphatic carbocycles. The summed E-state index contributed by atoms with van der Waals surface area (Å²) >= 11 is 6.00. The Balaban J connectivity index is 2.52. The van der Waals surface area contributed by atoms with Crippen molar-refractivity contribution >= 4 is 11.6 Å². The van der Waals surface area contributed by atoms with Crippen LogP contribution < -0.4 is 4.74 Å². The number of hydrogen-bond acceptors (Lipinski definition) is 3. The lowest BCUT2D eigenvalue weighted by molar-refractivity contribution is 0.253. The summed E-state index contributed by atoms with van der Waals surface area (Å²) in [6, 6.07) is 5.38. The van der Waals surface area contributed by atoms with E-state index in [-0.39, 0.29) is 6.61 Å². The zero-order valence-electron chi connectivity index (χ0n) is 9.74. The van der Waals surface area contributed by atoms with Crippen LogP contribution in [-0.4, -0.2) is 37.3 Å². The lowest BCUT2D eigenvalue weighted by atomic mass is 10.2. The molecule has 1 N–H and O–H groups in total. The van der Waals surface area contributed by atoms with Crippen molar-refractivity contribution in [2.45, 2.75) is 13.0 Å². The second-order valence-corrected chi connectivity index (χ2v) is 4.30. The highest BCUT2D eigenvalue weighted by Gasteiger charge is 2.07. The van der Waals surface area contributed by atoms with Crippen LogP contribution in [0.25, 0.3) is 0 Å². The van der Waals surface area contributed by atoms with E-state index in [1.165, 1.54) is 0 Å². The SMILES string of the molecule is CN(C)CCCOc1c(Cl)cccc1CO. The summed E-state index contributed by atoms with van der Waals surface area (Å²) in [6.07, 6.45) is 0.934. The molecule has 0 aromatic heterocycles. The molecular formula is C12H18ClNO2. The van der Waals surface area contributed by atoms with Crippen LogP contribution >= 0.6 is 11.6 Å². The summed E-state index contributed by atoms with van der Waals surface area (Å²) in [5.74, 6) is 0.602.